The highest BCUT2D eigenvalue weighted by molar-refractivity contribution is 5.80. The quantitative estimate of drug-likeness (QED) is 0.278. The van der Waals surface area contributed by atoms with Crippen LogP contribution in [0, 0.1) is 0 Å². The molecule has 0 radical (unpaired) electrons. The van der Waals surface area contributed by atoms with Crippen LogP contribution in [0.3, 0.4) is 0 Å². The zero-order valence-corrected chi connectivity index (χ0v) is 21.2. The maximum atomic E-state index is 12.2. The highest BCUT2D eigenvalue weighted by Gasteiger charge is 2.11. The minimum Gasteiger partial charge on any atom is -0.504 e. The number of phenols is 1. The van der Waals surface area contributed by atoms with Gasteiger partial charge in [-0.3, -0.25) is 9.59 Å². The van der Waals surface area contributed by atoms with Crippen molar-refractivity contribution in [3.8, 4) is 39.9 Å². The number of benzene rings is 4. The zero-order valence-electron chi connectivity index (χ0n) is 21.2. The summed E-state index contributed by atoms with van der Waals surface area (Å²) in [7, 11) is 3.02. The number of methoxy groups -OCH3 is 2. The minimum absolute atomic E-state index is 0.00861. The van der Waals surface area contributed by atoms with E-state index >= 15 is 0 Å². The lowest BCUT2D eigenvalue weighted by molar-refractivity contribution is 0.373. The van der Waals surface area contributed by atoms with Crippen LogP contribution in [-0.2, 0) is 0 Å². The first kappa shape index (κ1) is 25.4. The Kier molecular flexibility index (Phi) is 7.14. The number of fused-ring (bicyclic) bond motifs is 2. The fourth-order valence-electron chi connectivity index (χ4n) is 4.10. The molecule has 6 aromatic rings. The van der Waals surface area contributed by atoms with Crippen molar-refractivity contribution >= 4 is 21.9 Å². The lowest BCUT2D eigenvalue weighted by Gasteiger charge is -2.07. The molecular formula is C32H24O7. The van der Waals surface area contributed by atoms with E-state index in [1.54, 1.807) is 43.5 Å². The van der Waals surface area contributed by atoms with Crippen molar-refractivity contribution in [1.82, 2.24) is 0 Å². The van der Waals surface area contributed by atoms with Crippen molar-refractivity contribution in [3.05, 3.63) is 124 Å². The van der Waals surface area contributed by atoms with Crippen LogP contribution in [0.4, 0.5) is 0 Å². The predicted molar refractivity (Wildman–Crippen MR) is 151 cm³/mol. The van der Waals surface area contributed by atoms with Gasteiger partial charge in [0.05, 0.1) is 25.0 Å². The Morgan fingerprint density at radius 3 is 1.92 bits per heavy atom. The van der Waals surface area contributed by atoms with E-state index < -0.39 is 0 Å². The molecule has 0 amide bonds. The minimum atomic E-state index is -0.158. The van der Waals surface area contributed by atoms with Gasteiger partial charge in [0, 0.05) is 29.3 Å². The van der Waals surface area contributed by atoms with Gasteiger partial charge in [0.2, 0.25) is 0 Å². The molecule has 6 rings (SSSR count). The van der Waals surface area contributed by atoms with Crippen LogP contribution in [0.5, 0.6) is 17.2 Å². The third-order valence-corrected chi connectivity index (χ3v) is 6.09. The van der Waals surface area contributed by atoms with Crippen LogP contribution in [-0.4, -0.2) is 19.3 Å². The van der Waals surface area contributed by atoms with E-state index in [4.69, 9.17) is 18.3 Å². The first-order valence-corrected chi connectivity index (χ1v) is 12.0. The van der Waals surface area contributed by atoms with E-state index in [0.29, 0.717) is 50.5 Å². The van der Waals surface area contributed by atoms with Gasteiger partial charge in [-0.05, 0) is 42.5 Å². The average Bonchev–Trinajstić information content (AvgIpc) is 2.97. The highest BCUT2D eigenvalue weighted by atomic mass is 16.5. The highest BCUT2D eigenvalue weighted by Crippen LogP contribution is 2.32. The first-order valence-electron chi connectivity index (χ1n) is 12.0. The number of ether oxygens (including phenoxy) is 2. The normalized spacial score (nSPS) is 10.6. The van der Waals surface area contributed by atoms with Crippen LogP contribution in [0.25, 0.3) is 44.6 Å². The molecule has 0 fully saturated rings. The summed E-state index contributed by atoms with van der Waals surface area (Å²) in [5, 5.41) is 10.9. The topological polar surface area (TPSA) is 99.1 Å². The van der Waals surface area contributed by atoms with Gasteiger partial charge in [-0.1, -0.05) is 42.5 Å². The molecule has 0 bridgehead atoms. The maximum absolute atomic E-state index is 12.2. The van der Waals surface area contributed by atoms with Crippen LogP contribution >= 0.6 is 0 Å². The Morgan fingerprint density at radius 2 is 1.23 bits per heavy atom. The Morgan fingerprint density at radius 1 is 0.590 bits per heavy atom. The van der Waals surface area contributed by atoms with E-state index in [-0.39, 0.29) is 16.6 Å². The number of rotatable bonds is 4. The lowest BCUT2D eigenvalue weighted by Crippen LogP contribution is -2.00. The summed E-state index contributed by atoms with van der Waals surface area (Å²) < 4.78 is 21.6. The first-order chi connectivity index (χ1) is 19.0. The second-order valence-corrected chi connectivity index (χ2v) is 8.56. The van der Waals surface area contributed by atoms with Gasteiger partial charge in [0.15, 0.2) is 22.4 Å². The summed E-state index contributed by atoms with van der Waals surface area (Å²) in [6.07, 6.45) is 0. The average molecular weight is 521 g/mol. The van der Waals surface area contributed by atoms with E-state index in [9.17, 15) is 14.7 Å². The number of phenolic OH excluding ortho intramolecular Hbond substituents is 1. The second kappa shape index (κ2) is 11.0. The summed E-state index contributed by atoms with van der Waals surface area (Å²) in [4.78, 5) is 24.1. The second-order valence-electron chi connectivity index (χ2n) is 8.56. The molecule has 0 saturated heterocycles. The predicted octanol–water partition coefficient (Wildman–Crippen LogP) is 6.64. The molecule has 2 heterocycles. The SMILES string of the molecule is COc1ccc2c(=O)cc(-c3ccc(OC)c(O)c3)oc2c1.O=c1cc(-c2ccccc2)oc2ccccc12. The van der Waals surface area contributed by atoms with Crippen molar-refractivity contribution in [1.29, 1.82) is 0 Å². The van der Waals surface area contributed by atoms with Gasteiger partial charge >= 0.3 is 0 Å². The monoisotopic (exact) mass is 520 g/mol. The maximum Gasteiger partial charge on any atom is 0.193 e. The molecule has 7 nitrogen and oxygen atoms in total. The van der Waals surface area contributed by atoms with E-state index in [1.807, 2.05) is 48.5 Å². The number of para-hydroxylation sites is 1. The Bertz CT molecular complexity index is 1890. The van der Waals surface area contributed by atoms with Gasteiger partial charge in [0.1, 0.15) is 28.4 Å². The number of hydrogen-bond donors (Lipinski definition) is 1. The number of hydrogen-bond acceptors (Lipinski definition) is 7. The van der Waals surface area contributed by atoms with Crippen molar-refractivity contribution in [3.63, 3.8) is 0 Å². The largest absolute Gasteiger partial charge is 0.504 e. The van der Waals surface area contributed by atoms with Crippen molar-refractivity contribution in [2.45, 2.75) is 0 Å². The smallest absolute Gasteiger partial charge is 0.193 e. The molecule has 194 valence electrons. The molecule has 4 aromatic carbocycles. The molecule has 0 aliphatic carbocycles. The van der Waals surface area contributed by atoms with Crippen LogP contribution in [0.1, 0.15) is 0 Å². The Labute approximate surface area is 223 Å². The van der Waals surface area contributed by atoms with E-state index in [1.165, 1.54) is 25.3 Å². The van der Waals surface area contributed by atoms with Gasteiger partial charge in [0.25, 0.3) is 0 Å². The summed E-state index contributed by atoms with van der Waals surface area (Å²) in [5.41, 5.74) is 2.38. The molecular weight excluding hydrogens is 496 g/mol. The fourth-order valence-corrected chi connectivity index (χ4v) is 4.10. The fraction of sp³-hybridized carbons (Fsp3) is 0.0625. The van der Waals surface area contributed by atoms with Crippen molar-refractivity contribution in [2.24, 2.45) is 0 Å². The van der Waals surface area contributed by atoms with E-state index in [2.05, 4.69) is 0 Å². The molecule has 0 atom stereocenters. The summed E-state index contributed by atoms with van der Waals surface area (Å²) >= 11 is 0. The lowest BCUT2D eigenvalue weighted by atomic mass is 10.1. The summed E-state index contributed by atoms with van der Waals surface area (Å²) in [6.45, 7) is 0. The zero-order chi connectivity index (χ0) is 27.4. The van der Waals surface area contributed by atoms with Crippen LogP contribution in [0.2, 0.25) is 0 Å². The number of aromatic hydroxyl groups is 1. The standard InChI is InChI=1S/C17H14O5.C15H10O2/c1-20-11-4-5-12-13(18)9-16(22-17(12)8-11)10-3-6-15(21-2)14(19)7-10;16-13-10-15(11-6-2-1-3-7-11)17-14-9-5-4-8-12(13)14/h3-9,19H,1-2H3;1-10H. The van der Waals surface area contributed by atoms with Crippen molar-refractivity contribution < 1.29 is 23.4 Å². The van der Waals surface area contributed by atoms with Crippen molar-refractivity contribution in [2.75, 3.05) is 14.2 Å². The molecule has 2 aromatic heterocycles. The third kappa shape index (κ3) is 5.38. The molecule has 0 unspecified atom stereocenters. The molecule has 0 saturated carbocycles. The van der Waals surface area contributed by atoms with E-state index in [0.717, 1.165) is 5.56 Å². The van der Waals surface area contributed by atoms with Gasteiger partial charge in [-0.25, -0.2) is 0 Å². The molecule has 7 heteroatoms. The molecule has 0 spiro atoms. The van der Waals surface area contributed by atoms with Crippen LogP contribution < -0.4 is 20.3 Å². The Hall–Kier alpha value is -5.30. The van der Waals surface area contributed by atoms with Crippen LogP contribution in [0.15, 0.2) is 122 Å². The molecule has 0 aliphatic heterocycles. The van der Waals surface area contributed by atoms with Gasteiger partial charge < -0.3 is 23.4 Å². The summed E-state index contributed by atoms with van der Waals surface area (Å²) in [6, 6.07) is 29.7. The third-order valence-electron chi connectivity index (χ3n) is 6.09. The van der Waals surface area contributed by atoms with Gasteiger partial charge in [-0.15, -0.1) is 0 Å². The summed E-state index contributed by atoms with van der Waals surface area (Å²) in [5.74, 6) is 1.91. The Balaban J connectivity index is 0.000000163. The molecule has 39 heavy (non-hydrogen) atoms. The van der Waals surface area contributed by atoms with Gasteiger partial charge in [-0.2, -0.15) is 0 Å². The molecule has 0 aliphatic rings. The molecule has 1 N–H and O–H groups in total.